The largest absolute Gasteiger partial charge is 0.457 e. The predicted octanol–water partition coefficient (Wildman–Crippen LogP) is 2.95. The van der Waals surface area contributed by atoms with Crippen molar-refractivity contribution in [2.75, 3.05) is 0 Å². The van der Waals surface area contributed by atoms with Gasteiger partial charge in [-0.3, -0.25) is 4.79 Å². The van der Waals surface area contributed by atoms with Gasteiger partial charge in [0.1, 0.15) is 30.7 Å². The summed E-state index contributed by atoms with van der Waals surface area (Å²) < 4.78 is 7.24. The number of carbonyl (C=O) groups excluding carboxylic acids is 1. The summed E-state index contributed by atoms with van der Waals surface area (Å²) in [4.78, 5) is 15.8. The molecule has 0 aliphatic carbocycles. The molecular formula is C18H18N4O2. The Morgan fingerprint density at radius 1 is 1.12 bits per heavy atom. The summed E-state index contributed by atoms with van der Waals surface area (Å²) in [6.45, 7) is 2.09. The van der Waals surface area contributed by atoms with Crippen LogP contribution in [0.3, 0.4) is 0 Å². The van der Waals surface area contributed by atoms with E-state index in [1.54, 1.807) is 0 Å². The third-order valence-electron chi connectivity index (χ3n) is 3.51. The monoisotopic (exact) mass is 322 g/mol. The second kappa shape index (κ2) is 7.41. The predicted molar refractivity (Wildman–Crippen MR) is 89.5 cm³/mol. The Labute approximate surface area is 140 Å². The lowest BCUT2D eigenvalue weighted by molar-refractivity contribution is -0.122. The average molecular weight is 322 g/mol. The SMILES string of the molecule is CC(NC(=O)Cn1cncn1)c1ccc(Oc2ccccc2)cc1. The van der Waals surface area contributed by atoms with Gasteiger partial charge in [0.25, 0.3) is 0 Å². The van der Waals surface area contributed by atoms with Crippen molar-refractivity contribution in [3.8, 4) is 11.5 Å². The second-order valence-electron chi connectivity index (χ2n) is 5.37. The van der Waals surface area contributed by atoms with Crippen LogP contribution in [0.4, 0.5) is 0 Å². The molecule has 0 saturated carbocycles. The summed E-state index contributed by atoms with van der Waals surface area (Å²) in [5.74, 6) is 1.43. The van der Waals surface area contributed by atoms with Gasteiger partial charge in [0.15, 0.2) is 0 Å². The van der Waals surface area contributed by atoms with Crippen molar-refractivity contribution in [3.63, 3.8) is 0 Å². The minimum atomic E-state index is -0.113. The molecule has 122 valence electrons. The van der Waals surface area contributed by atoms with Crippen LogP contribution in [0.1, 0.15) is 18.5 Å². The Bertz CT molecular complexity index is 771. The van der Waals surface area contributed by atoms with Gasteiger partial charge in [0, 0.05) is 0 Å². The zero-order chi connectivity index (χ0) is 16.8. The number of nitrogens with zero attached hydrogens (tertiary/aromatic N) is 3. The Kier molecular flexibility index (Phi) is 4.86. The molecule has 1 amide bonds. The third kappa shape index (κ3) is 4.19. The van der Waals surface area contributed by atoms with E-state index in [0.717, 1.165) is 17.1 Å². The first-order valence-corrected chi connectivity index (χ1v) is 7.65. The van der Waals surface area contributed by atoms with Gasteiger partial charge in [-0.05, 0) is 36.8 Å². The molecular weight excluding hydrogens is 304 g/mol. The number of benzene rings is 2. The maximum Gasteiger partial charge on any atom is 0.242 e. The van der Waals surface area contributed by atoms with E-state index in [4.69, 9.17) is 4.74 Å². The zero-order valence-corrected chi connectivity index (χ0v) is 13.3. The van der Waals surface area contributed by atoms with Gasteiger partial charge in [-0.2, -0.15) is 5.10 Å². The van der Waals surface area contributed by atoms with Crippen molar-refractivity contribution in [3.05, 3.63) is 72.8 Å². The van der Waals surface area contributed by atoms with Crippen LogP contribution in [-0.4, -0.2) is 20.7 Å². The Hall–Kier alpha value is -3.15. The number of ether oxygens (including phenoxy) is 1. The van der Waals surface area contributed by atoms with Gasteiger partial charge < -0.3 is 10.1 Å². The Morgan fingerprint density at radius 3 is 2.50 bits per heavy atom. The molecule has 3 aromatic rings. The molecule has 0 saturated heterocycles. The van der Waals surface area contributed by atoms with Gasteiger partial charge in [0.2, 0.25) is 5.91 Å². The lowest BCUT2D eigenvalue weighted by Crippen LogP contribution is -2.30. The summed E-state index contributed by atoms with van der Waals surface area (Å²) >= 11 is 0. The molecule has 0 radical (unpaired) electrons. The fourth-order valence-electron chi connectivity index (χ4n) is 2.28. The van der Waals surface area contributed by atoms with E-state index in [-0.39, 0.29) is 18.5 Å². The van der Waals surface area contributed by atoms with Crippen LogP contribution in [0, 0.1) is 0 Å². The van der Waals surface area contributed by atoms with E-state index in [9.17, 15) is 4.79 Å². The smallest absolute Gasteiger partial charge is 0.242 e. The molecule has 1 N–H and O–H groups in total. The van der Waals surface area contributed by atoms with Crippen LogP contribution >= 0.6 is 0 Å². The lowest BCUT2D eigenvalue weighted by Gasteiger charge is -2.15. The summed E-state index contributed by atoms with van der Waals surface area (Å²) in [6.07, 6.45) is 2.92. The van der Waals surface area contributed by atoms with Crippen LogP contribution in [0.2, 0.25) is 0 Å². The molecule has 0 aliphatic rings. The van der Waals surface area contributed by atoms with Crippen LogP contribution in [0.5, 0.6) is 11.5 Å². The topological polar surface area (TPSA) is 69.0 Å². The number of aromatic nitrogens is 3. The molecule has 24 heavy (non-hydrogen) atoms. The summed E-state index contributed by atoms with van der Waals surface area (Å²) in [7, 11) is 0. The second-order valence-corrected chi connectivity index (χ2v) is 5.37. The standard InChI is InChI=1S/C18H18N4O2/c1-14(21-18(23)11-22-13-19-12-20-22)15-7-9-17(10-8-15)24-16-5-3-2-4-6-16/h2-10,12-14H,11H2,1H3,(H,21,23). The highest BCUT2D eigenvalue weighted by molar-refractivity contribution is 5.76. The highest BCUT2D eigenvalue weighted by Crippen LogP contribution is 2.23. The van der Waals surface area contributed by atoms with E-state index in [1.807, 2.05) is 61.5 Å². The number of para-hydroxylation sites is 1. The first-order valence-electron chi connectivity index (χ1n) is 7.65. The minimum absolute atomic E-state index is 0.105. The van der Waals surface area contributed by atoms with Gasteiger partial charge in [-0.1, -0.05) is 30.3 Å². The van der Waals surface area contributed by atoms with Crippen molar-refractivity contribution < 1.29 is 9.53 Å². The molecule has 1 aromatic heterocycles. The molecule has 0 bridgehead atoms. The van der Waals surface area contributed by atoms with Crippen molar-refractivity contribution in [1.82, 2.24) is 20.1 Å². The van der Waals surface area contributed by atoms with Crippen molar-refractivity contribution in [2.24, 2.45) is 0 Å². The first-order chi connectivity index (χ1) is 11.7. The minimum Gasteiger partial charge on any atom is -0.457 e. The summed E-state index contributed by atoms with van der Waals surface area (Å²) in [5.41, 5.74) is 1.00. The molecule has 3 rings (SSSR count). The van der Waals surface area contributed by atoms with Crippen LogP contribution < -0.4 is 10.1 Å². The van der Waals surface area contributed by atoms with Gasteiger partial charge >= 0.3 is 0 Å². The van der Waals surface area contributed by atoms with Gasteiger partial charge in [-0.15, -0.1) is 0 Å². The van der Waals surface area contributed by atoms with Gasteiger partial charge in [0.05, 0.1) is 6.04 Å². The molecule has 2 aromatic carbocycles. The Balaban J connectivity index is 1.57. The lowest BCUT2D eigenvalue weighted by atomic mass is 10.1. The Morgan fingerprint density at radius 2 is 1.83 bits per heavy atom. The molecule has 1 atom stereocenters. The zero-order valence-electron chi connectivity index (χ0n) is 13.3. The molecule has 6 heteroatoms. The fourth-order valence-corrected chi connectivity index (χ4v) is 2.28. The maximum atomic E-state index is 12.0. The highest BCUT2D eigenvalue weighted by atomic mass is 16.5. The van der Waals surface area contributed by atoms with Crippen LogP contribution in [-0.2, 0) is 11.3 Å². The number of hydrogen-bond acceptors (Lipinski definition) is 4. The summed E-state index contributed by atoms with van der Waals surface area (Å²) in [5, 5.41) is 6.85. The fraction of sp³-hybridized carbons (Fsp3) is 0.167. The number of carbonyl (C=O) groups is 1. The molecule has 6 nitrogen and oxygen atoms in total. The quantitative estimate of drug-likeness (QED) is 0.757. The molecule has 1 heterocycles. The van der Waals surface area contributed by atoms with E-state index >= 15 is 0 Å². The van der Waals surface area contributed by atoms with Gasteiger partial charge in [-0.25, -0.2) is 9.67 Å². The summed E-state index contributed by atoms with van der Waals surface area (Å²) in [6, 6.07) is 17.2. The maximum absolute atomic E-state index is 12.0. The number of hydrogen-bond donors (Lipinski definition) is 1. The average Bonchev–Trinajstić information content (AvgIpc) is 3.09. The molecule has 0 fully saturated rings. The highest BCUT2D eigenvalue weighted by Gasteiger charge is 2.10. The number of nitrogens with one attached hydrogen (secondary N) is 1. The molecule has 1 unspecified atom stereocenters. The van der Waals surface area contributed by atoms with Crippen molar-refractivity contribution in [2.45, 2.75) is 19.5 Å². The van der Waals surface area contributed by atoms with Crippen LogP contribution in [0.15, 0.2) is 67.3 Å². The van der Waals surface area contributed by atoms with E-state index in [2.05, 4.69) is 15.4 Å². The molecule has 0 spiro atoms. The van der Waals surface area contributed by atoms with E-state index in [0.29, 0.717) is 0 Å². The third-order valence-corrected chi connectivity index (χ3v) is 3.51. The number of rotatable bonds is 6. The normalized spacial score (nSPS) is 11.7. The van der Waals surface area contributed by atoms with E-state index in [1.165, 1.54) is 17.3 Å². The van der Waals surface area contributed by atoms with Crippen molar-refractivity contribution in [1.29, 1.82) is 0 Å². The van der Waals surface area contributed by atoms with Crippen molar-refractivity contribution >= 4 is 5.91 Å². The van der Waals surface area contributed by atoms with Crippen LogP contribution in [0.25, 0.3) is 0 Å². The molecule has 0 aliphatic heterocycles. The first kappa shape index (κ1) is 15.7. The van der Waals surface area contributed by atoms with E-state index < -0.39 is 0 Å². The number of amides is 1.